The number of carbonyl (C=O) groups excluding carboxylic acids is 1. The van der Waals surface area contributed by atoms with Gasteiger partial charge < -0.3 is 20.0 Å². The molecule has 1 fully saturated rings. The van der Waals surface area contributed by atoms with E-state index in [1.54, 1.807) is 4.90 Å². The van der Waals surface area contributed by atoms with Gasteiger partial charge in [0.05, 0.1) is 24.6 Å². The van der Waals surface area contributed by atoms with Gasteiger partial charge in [0.1, 0.15) is 23.3 Å². The van der Waals surface area contributed by atoms with Crippen molar-refractivity contribution in [1.29, 1.82) is 0 Å². The lowest BCUT2D eigenvalue weighted by molar-refractivity contribution is 0.166. The van der Waals surface area contributed by atoms with Gasteiger partial charge in [0.2, 0.25) is 0 Å². The SMILES string of the molecule is CC1CN=C2C=C(N3CCN(C(=O)Nc4ccc(F)cc4F)CC3)N=CN21. The van der Waals surface area contributed by atoms with E-state index < -0.39 is 17.7 Å². The Kier molecular flexibility index (Phi) is 4.51. The van der Waals surface area contributed by atoms with Crippen molar-refractivity contribution < 1.29 is 13.6 Å². The zero-order valence-corrected chi connectivity index (χ0v) is 14.9. The van der Waals surface area contributed by atoms with E-state index in [1.807, 2.05) is 17.3 Å². The van der Waals surface area contributed by atoms with Crippen LogP contribution in [0.25, 0.3) is 0 Å². The number of nitrogens with zero attached hydrogens (tertiary/aromatic N) is 5. The maximum atomic E-state index is 13.7. The molecular weight excluding hydrogens is 354 g/mol. The Morgan fingerprint density at radius 2 is 2.00 bits per heavy atom. The third kappa shape index (κ3) is 3.49. The zero-order valence-electron chi connectivity index (χ0n) is 14.9. The summed E-state index contributed by atoms with van der Waals surface area (Å²) in [6, 6.07) is 3.00. The lowest BCUT2D eigenvalue weighted by atomic mass is 10.2. The predicted molar refractivity (Wildman–Crippen MR) is 98.7 cm³/mol. The van der Waals surface area contributed by atoms with Crippen LogP contribution in [0.5, 0.6) is 0 Å². The maximum absolute atomic E-state index is 13.7. The van der Waals surface area contributed by atoms with E-state index in [1.165, 1.54) is 6.07 Å². The van der Waals surface area contributed by atoms with Crippen molar-refractivity contribution >= 4 is 23.9 Å². The van der Waals surface area contributed by atoms with E-state index in [4.69, 9.17) is 0 Å². The molecule has 27 heavy (non-hydrogen) atoms. The lowest BCUT2D eigenvalue weighted by Crippen LogP contribution is -2.50. The van der Waals surface area contributed by atoms with E-state index in [0.29, 0.717) is 32.2 Å². The Morgan fingerprint density at radius 1 is 1.22 bits per heavy atom. The van der Waals surface area contributed by atoms with Gasteiger partial charge in [0, 0.05) is 38.3 Å². The van der Waals surface area contributed by atoms with Gasteiger partial charge in [-0.25, -0.2) is 18.6 Å². The standard InChI is InChI=1S/C18H20F2N6O/c1-12-10-21-17-9-16(22-11-26(12)17)24-4-6-25(7-5-24)18(27)23-15-3-2-13(19)8-14(15)20/h2-3,8-9,11-12H,4-7,10H2,1H3,(H,23,27). The summed E-state index contributed by atoms with van der Waals surface area (Å²) in [7, 11) is 0. The van der Waals surface area contributed by atoms with Crippen molar-refractivity contribution in [3.8, 4) is 0 Å². The first-order chi connectivity index (χ1) is 13.0. The van der Waals surface area contributed by atoms with Crippen molar-refractivity contribution in [2.75, 3.05) is 38.0 Å². The summed E-state index contributed by atoms with van der Waals surface area (Å²) in [6.45, 7) is 5.06. The second kappa shape index (κ2) is 6.98. The lowest BCUT2D eigenvalue weighted by Gasteiger charge is -2.37. The molecule has 0 aliphatic carbocycles. The molecule has 2 amide bonds. The summed E-state index contributed by atoms with van der Waals surface area (Å²) >= 11 is 0. The summed E-state index contributed by atoms with van der Waals surface area (Å²) in [5.74, 6) is 0.281. The van der Waals surface area contributed by atoms with Crippen molar-refractivity contribution in [3.05, 3.63) is 41.7 Å². The molecule has 0 aromatic heterocycles. The van der Waals surface area contributed by atoms with Crippen LogP contribution in [0.15, 0.2) is 40.1 Å². The van der Waals surface area contributed by atoms with Gasteiger partial charge in [-0.05, 0) is 19.1 Å². The number of urea groups is 1. The van der Waals surface area contributed by atoms with E-state index in [0.717, 1.165) is 30.3 Å². The highest BCUT2D eigenvalue weighted by atomic mass is 19.1. The van der Waals surface area contributed by atoms with E-state index in [-0.39, 0.29) is 5.69 Å². The molecule has 7 nitrogen and oxygen atoms in total. The molecule has 0 saturated carbocycles. The number of fused-ring (bicyclic) bond motifs is 1. The van der Waals surface area contributed by atoms with Crippen LogP contribution in [-0.2, 0) is 0 Å². The second-order valence-electron chi connectivity index (χ2n) is 6.73. The van der Waals surface area contributed by atoms with Gasteiger partial charge in [-0.2, -0.15) is 0 Å². The van der Waals surface area contributed by atoms with Gasteiger partial charge in [-0.3, -0.25) is 4.99 Å². The number of rotatable bonds is 2. The summed E-state index contributed by atoms with van der Waals surface area (Å²) in [6.07, 6.45) is 3.77. The minimum absolute atomic E-state index is 0.0307. The van der Waals surface area contributed by atoms with Crippen LogP contribution < -0.4 is 5.32 Å². The highest BCUT2D eigenvalue weighted by Gasteiger charge is 2.28. The number of nitrogens with one attached hydrogen (secondary N) is 1. The number of anilines is 1. The number of amides is 2. The molecule has 3 aliphatic rings. The van der Waals surface area contributed by atoms with Crippen LogP contribution in [0.1, 0.15) is 6.92 Å². The molecule has 1 atom stereocenters. The highest BCUT2D eigenvalue weighted by Crippen LogP contribution is 2.20. The Labute approximate surface area is 155 Å². The predicted octanol–water partition coefficient (Wildman–Crippen LogP) is 2.10. The summed E-state index contributed by atoms with van der Waals surface area (Å²) in [4.78, 5) is 27.1. The third-order valence-corrected chi connectivity index (χ3v) is 4.89. The number of benzene rings is 1. The average molecular weight is 374 g/mol. The van der Waals surface area contributed by atoms with Crippen LogP contribution in [0.2, 0.25) is 0 Å². The fourth-order valence-electron chi connectivity index (χ4n) is 3.28. The summed E-state index contributed by atoms with van der Waals surface area (Å²) in [5, 5.41) is 2.49. The normalized spacial score (nSPS) is 21.7. The first kappa shape index (κ1) is 17.4. The largest absolute Gasteiger partial charge is 0.353 e. The number of hydrogen-bond acceptors (Lipinski definition) is 5. The van der Waals surface area contributed by atoms with Gasteiger partial charge in [0.25, 0.3) is 0 Å². The Hall–Kier alpha value is -2.97. The van der Waals surface area contributed by atoms with Crippen molar-refractivity contribution in [2.45, 2.75) is 13.0 Å². The molecular formula is C18H20F2N6O. The molecule has 4 rings (SSSR count). The minimum atomic E-state index is -0.792. The molecule has 0 bridgehead atoms. The summed E-state index contributed by atoms with van der Waals surface area (Å²) < 4.78 is 26.7. The molecule has 9 heteroatoms. The number of halogens is 2. The average Bonchev–Trinajstić information content (AvgIpc) is 3.04. The van der Waals surface area contributed by atoms with Gasteiger partial charge in [0.15, 0.2) is 0 Å². The monoisotopic (exact) mass is 374 g/mol. The summed E-state index contributed by atoms with van der Waals surface area (Å²) in [5.41, 5.74) is -0.0307. The molecule has 0 radical (unpaired) electrons. The molecule has 1 saturated heterocycles. The third-order valence-electron chi connectivity index (χ3n) is 4.89. The van der Waals surface area contributed by atoms with Crippen LogP contribution in [0, 0.1) is 11.6 Å². The van der Waals surface area contributed by atoms with Crippen LogP contribution >= 0.6 is 0 Å². The molecule has 3 aliphatic heterocycles. The Bertz CT molecular complexity index is 844. The van der Waals surface area contributed by atoms with Gasteiger partial charge in [-0.1, -0.05) is 0 Å². The Morgan fingerprint density at radius 3 is 2.74 bits per heavy atom. The quantitative estimate of drug-likeness (QED) is 0.862. The molecule has 1 aromatic rings. The second-order valence-corrected chi connectivity index (χ2v) is 6.73. The highest BCUT2D eigenvalue weighted by molar-refractivity contribution is 6.03. The molecule has 1 N–H and O–H groups in total. The van der Waals surface area contributed by atoms with Crippen molar-refractivity contribution in [3.63, 3.8) is 0 Å². The van der Waals surface area contributed by atoms with E-state index in [2.05, 4.69) is 27.1 Å². The van der Waals surface area contributed by atoms with Crippen LogP contribution in [0.4, 0.5) is 19.3 Å². The van der Waals surface area contributed by atoms with E-state index >= 15 is 0 Å². The smallest absolute Gasteiger partial charge is 0.322 e. The molecule has 0 spiro atoms. The number of hydrogen-bond donors (Lipinski definition) is 1. The Balaban J connectivity index is 1.34. The topological polar surface area (TPSA) is 63.5 Å². The first-order valence-corrected chi connectivity index (χ1v) is 8.86. The number of carbonyl (C=O) groups is 1. The van der Waals surface area contributed by atoms with Gasteiger partial charge in [-0.15, -0.1) is 0 Å². The number of piperazine rings is 1. The maximum Gasteiger partial charge on any atom is 0.322 e. The molecule has 1 unspecified atom stereocenters. The van der Waals surface area contributed by atoms with E-state index in [9.17, 15) is 13.6 Å². The van der Waals surface area contributed by atoms with Crippen LogP contribution in [-0.4, -0.2) is 71.7 Å². The van der Waals surface area contributed by atoms with Crippen LogP contribution in [0.3, 0.4) is 0 Å². The molecule has 1 aromatic carbocycles. The first-order valence-electron chi connectivity index (χ1n) is 8.86. The number of amidine groups is 1. The van der Waals surface area contributed by atoms with Gasteiger partial charge >= 0.3 is 6.03 Å². The number of aliphatic imine (C=N–C) groups is 2. The fourth-order valence-corrected chi connectivity index (χ4v) is 3.28. The zero-order chi connectivity index (χ0) is 19.0. The molecule has 142 valence electrons. The minimum Gasteiger partial charge on any atom is -0.353 e. The fraction of sp³-hybridized carbons (Fsp3) is 0.389. The van der Waals surface area contributed by atoms with Crippen molar-refractivity contribution in [2.24, 2.45) is 9.98 Å². The molecule has 3 heterocycles. The van der Waals surface area contributed by atoms with Crippen molar-refractivity contribution in [1.82, 2.24) is 14.7 Å².